The molecule has 162 valence electrons. The third-order valence-electron chi connectivity index (χ3n) is 4.97. The summed E-state index contributed by atoms with van der Waals surface area (Å²) in [6.45, 7) is 9.38. The van der Waals surface area contributed by atoms with E-state index in [0.717, 1.165) is 16.8 Å². The van der Waals surface area contributed by atoms with Crippen molar-refractivity contribution in [3.8, 4) is 17.2 Å². The second-order valence-corrected chi connectivity index (χ2v) is 7.74. The Morgan fingerprint density at radius 1 is 1.07 bits per heavy atom. The third kappa shape index (κ3) is 4.62. The molecule has 0 saturated carbocycles. The van der Waals surface area contributed by atoms with Crippen LogP contribution < -0.4 is 20.6 Å². The van der Waals surface area contributed by atoms with Gasteiger partial charge in [0.05, 0.1) is 29.1 Å². The average Bonchev–Trinajstić information content (AvgIpc) is 2.81. The molecular formula is C19H22BF3N2O5. The Labute approximate surface area is 171 Å². The van der Waals surface area contributed by atoms with E-state index in [1.54, 1.807) is 6.92 Å². The first-order valence-corrected chi connectivity index (χ1v) is 9.31. The van der Waals surface area contributed by atoms with E-state index >= 15 is 0 Å². The van der Waals surface area contributed by atoms with Gasteiger partial charge in [-0.1, -0.05) is 0 Å². The molecule has 3 rings (SSSR count). The average molecular weight is 426 g/mol. The minimum Gasteiger partial charge on any atom is -0.494 e. The van der Waals surface area contributed by atoms with Gasteiger partial charge < -0.3 is 18.8 Å². The highest BCUT2D eigenvalue weighted by Crippen LogP contribution is 2.36. The van der Waals surface area contributed by atoms with Crippen molar-refractivity contribution in [3.63, 3.8) is 0 Å². The summed E-state index contributed by atoms with van der Waals surface area (Å²) < 4.78 is 60.2. The number of benzene rings is 1. The number of rotatable bonds is 5. The van der Waals surface area contributed by atoms with Crippen LogP contribution in [0, 0.1) is 0 Å². The van der Waals surface area contributed by atoms with Gasteiger partial charge in [-0.05, 0) is 40.7 Å². The lowest BCUT2D eigenvalue weighted by atomic mass is 9.85. The maximum absolute atomic E-state index is 12.7. The number of hydrogen-bond acceptors (Lipinski definition) is 6. The standard InChI is InChI=1S/C19H22BF3N2O5/c1-6-27-13-9-12(10-14(11-13)28-19(21,22)23)25-16(26)8-7-15(24-25)20-29-17(2,3)18(4,5)30-20/h7-11H,6H2,1-5H3. The van der Waals surface area contributed by atoms with Crippen LogP contribution in [-0.4, -0.2) is 41.1 Å². The van der Waals surface area contributed by atoms with Crippen LogP contribution in [0.2, 0.25) is 0 Å². The molecular weight excluding hydrogens is 404 g/mol. The van der Waals surface area contributed by atoms with Crippen LogP contribution in [0.25, 0.3) is 5.69 Å². The lowest BCUT2D eigenvalue weighted by Gasteiger charge is -2.32. The molecule has 2 heterocycles. The Hall–Kier alpha value is -2.53. The summed E-state index contributed by atoms with van der Waals surface area (Å²) in [5.74, 6) is -0.429. The first-order chi connectivity index (χ1) is 13.8. The van der Waals surface area contributed by atoms with E-state index in [-0.39, 0.29) is 18.0 Å². The number of alkyl halides is 3. The zero-order chi connectivity index (χ0) is 22.3. The molecule has 0 aliphatic carbocycles. The molecule has 0 spiro atoms. The fraction of sp³-hybridized carbons (Fsp3) is 0.474. The summed E-state index contributed by atoms with van der Waals surface area (Å²) in [6, 6.07) is 6.24. The molecule has 0 bridgehead atoms. The Morgan fingerprint density at radius 2 is 1.67 bits per heavy atom. The quantitative estimate of drug-likeness (QED) is 0.685. The predicted octanol–water partition coefficient (Wildman–Crippen LogP) is 2.83. The summed E-state index contributed by atoms with van der Waals surface area (Å²) >= 11 is 0. The van der Waals surface area contributed by atoms with Gasteiger partial charge in [-0.2, -0.15) is 9.78 Å². The molecule has 0 atom stereocenters. The van der Waals surface area contributed by atoms with Crippen LogP contribution in [0.3, 0.4) is 0 Å². The Morgan fingerprint density at radius 3 is 2.23 bits per heavy atom. The summed E-state index contributed by atoms with van der Waals surface area (Å²) in [5.41, 5.74) is -1.45. The van der Waals surface area contributed by atoms with Crippen LogP contribution >= 0.6 is 0 Å². The molecule has 0 unspecified atom stereocenters. The predicted molar refractivity (Wildman–Crippen MR) is 103 cm³/mol. The van der Waals surface area contributed by atoms with Crippen LogP contribution in [0.5, 0.6) is 11.5 Å². The number of halogens is 3. The van der Waals surface area contributed by atoms with Crippen molar-refractivity contribution in [2.24, 2.45) is 0 Å². The molecule has 7 nitrogen and oxygen atoms in total. The molecule has 1 aliphatic rings. The summed E-state index contributed by atoms with van der Waals surface area (Å²) in [6.07, 6.45) is -4.90. The van der Waals surface area contributed by atoms with Crippen molar-refractivity contribution in [3.05, 3.63) is 40.7 Å². The molecule has 0 N–H and O–H groups in total. The van der Waals surface area contributed by atoms with Crippen molar-refractivity contribution in [2.75, 3.05) is 6.61 Å². The zero-order valence-corrected chi connectivity index (χ0v) is 17.2. The Kier molecular flexibility index (Phi) is 5.63. The molecule has 1 aromatic heterocycles. The van der Waals surface area contributed by atoms with Crippen LogP contribution in [-0.2, 0) is 9.31 Å². The number of hydrogen-bond donors (Lipinski definition) is 0. The first kappa shape index (κ1) is 22.2. The topological polar surface area (TPSA) is 71.8 Å². The molecule has 30 heavy (non-hydrogen) atoms. The van der Waals surface area contributed by atoms with E-state index in [0.29, 0.717) is 5.59 Å². The maximum atomic E-state index is 12.7. The van der Waals surface area contributed by atoms with Crippen molar-refractivity contribution < 1.29 is 32.0 Å². The third-order valence-corrected chi connectivity index (χ3v) is 4.97. The highest BCUT2D eigenvalue weighted by Gasteiger charge is 2.52. The van der Waals surface area contributed by atoms with Crippen molar-refractivity contribution >= 4 is 12.7 Å². The molecule has 1 saturated heterocycles. The molecule has 1 aromatic carbocycles. The van der Waals surface area contributed by atoms with E-state index in [2.05, 4.69) is 9.84 Å². The van der Waals surface area contributed by atoms with Gasteiger partial charge in [-0.25, -0.2) is 0 Å². The zero-order valence-electron chi connectivity index (χ0n) is 17.2. The number of nitrogens with zero attached hydrogens (tertiary/aromatic N) is 2. The van der Waals surface area contributed by atoms with Crippen LogP contribution in [0.15, 0.2) is 35.1 Å². The van der Waals surface area contributed by atoms with Crippen molar-refractivity contribution in [1.82, 2.24) is 9.78 Å². The monoisotopic (exact) mass is 426 g/mol. The van der Waals surface area contributed by atoms with Gasteiger partial charge in [0.25, 0.3) is 5.56 Å². The minimum absolute atomic E-state index is 0.0450. The fourth-order valence-electron chi connectivity index (χ4n) is 2.82. The van der Waals surface area contributed by atoms with Crippen molar-refractivity contribution in [2.45, 2.75) is 52.2 Å². The fourth-order valence-corrected chi connectivity index (χ4v) is 2.82. The Balaban J connectivity index is 2.04. The van der Waals surface area contributed by atoms with E-state index in [1.165, 1.54) is 18.2 Å². The molecule has 1 aliphatic heterocycles. The van der Waals surface area contributed by atoms with Gasteiger partial charge in [-0.15, -0.1) is 13.2 Å². The van der Waals surface area contributed by atoms with E-state index in [1.807, 2.05) is 27.7 Å². The first-order valence-electron chi connectivity index (χ1n) is 9.31. The Bertz CT molecular complexity index is 975. The molecule has 0 amide bonds. The molecule has 2 aromatic rings. The van der Waals surface area contributed by atoms with Gasteiger partial charge in [0.2, 0.25) is 0 Å². The normalized spacial score (nSPS) is 17.8. The van der Waals surface area contributed by atoms with E-state index in [9.17, 15) is 18.0 Å². The van der Waals surface area contributed by atoms with Gasteiger partial charge in [0.15, 0.2) is 0 Å². The highest BCUT2D eigenvalue weighted by molar-refractivity contribution is 6.61. The second-order valence-electron chi connectivity index (χ2n) is 7.74. The smallest absolute Gasteiger partial charge is 0.494 e. The highest BCUT2D eigenvalue weighted by atomic mass is 19.4. The van der Waals surface area contributed by atoms with Gasteiger partial charge in [-0.3, -0.25) is 4.79 Å². The van der Waals surface area contributed by atoms with Gasteiger partial charge >= 0.3 is 13.5 Å². The molecule has 1 fully saturated rings. The summed E-state index contributed by atoms with van der Waals surface area (Å²) in [7, 11) is -0.845. The minimum atomic E-state index is -4.90. The lowest BCUT2D eigenvalue weighted by Crippen LogP contribution is -2.41. The van der Waals surface area contributed by atoms with E-state index in [4.69, 9.17) is 14.0 Å². The maximum Gasteiger partial charge on any atom is 0.573 e. The van der Waals surface area contributed by atoms with E-state index < -0.39 is 36.0 Å². The largest absolute Gasteiger partial charge is 0.573 e. The van der Waals surface area contributed by atoms with Gasteiger partial charge in [0.1, 0.15) is 11.5 Å². The SMILES string of the molecule is CCOc1cc(OC(F)(F)F)cc(-n2nc(B3OC(C)(C)C(C)(C)O3)ccc2=O)c1. The number of aromatic nitrogens is 2. The second kappa shape index (κ2) is 7.62. The lowest BCUT2D eigenvalue weighted by molar-refractivity contribution is -0.274. The molecule has 0 radical (unpaired) electrons. The van der Waals surface area contributed by atoms with Gasteiger partial charge in [0, 0.05) is 24.3 Å². The summed E-state index contributed by atoms with van der Waals surface area (Å²) in [5, 5.41) is 4.26. The van der Waals surface area contributed by atoms with Crippen molar-refractivity contribution in [1.29, 1.82) is 0 Å². The van der Waals surface area contributed by atoms with Crippen LogP contribution in [0.1, 0.15) is 34.6 Å². The number of ether oxygens (including phenoxy) is 2. The molecule has 11 heteroatoms. The van der Waals surface area contributed by atoms with Crippen LogP contribution in [0.4, 0.5) is 13.2 Å². The summed E-state index contributed by atoms with van der Waals surface area (Å²) in [4.78, 5) is 12.4.